The molecule has 0 spiro atoms. The minimum Gasteiger partial charge on any atom is -0.293 e. The molecule has 0 aliphatic heterocycles. The van der Waals surface area contributed by atoms with Gasteiger partial charge in [0.15, 0.2) is 5.78 Å². The third kappa shape index (κ3) is 4.46. The number of hydrogen-bond donors (Lipinski definition) is 0. The van der Waals surface area contributed by atoms with E-state index in [1.165, 1.54) is 4.90 Å². The Labute approximate surface area is 174 Å². The zero-order valence-electron chi connectivity index (χ0n) is 15.9. The minimum atomic E-state index is 0.185. The Morgan fingerprint density at radius 1 is 1.04 bits per heavy atom. The van der Waals surface area contributed by atoms with E-state index in [2.05, 4.69) is 35.5 Å². The molecule has 2 aromatic carbocycles. The first-order chi connectivity index (χ1) is 12.9. The van der Waals surface area contributed by atoms with Crippen LogP contribution >= 0.6 is 34.9 Å². The molecule has 0 N–H and O–H groups in total. The van der Waals surface area contributed by atoms with Gasteiger partial charge >= 0.3 is 0 Å². The summed E-state index contributed by atoms with van der Waals surface area (Å²) in [7, 11) is 4.05. The van der Waals surface area contributed by atoms with Crippen LogP contribution in [-0.4, -0.2) is 24.2 Å². The first-order valence-corrected chi connectivity index (χ1v) is 10.8. The Bertz CT molecular complexity index is 944. The van der Waals surface area contributed by atoms with Crippen molar-refractivity contribution >= 4 is 40.7 Å². The van der Waals surface area contributed by atoms with Crippen LogP contribution in [0.3, 0.4) is 0 Å². The molecule has 0 radical (unpaired) electrons. The van der Waals surface area contributed by atoms with E-state index >= 15 is 0 Å². The maximum atomic E-state index is 12.6. The van der Waals surface area contributed by atoms with Gasteiger partial charge in [0.05, 0.1) is 4.88 Å². The lowest BCUT2D eigenvalue weighted by Crippen LogP contribution is -1.98. The molecule has 1 aromatic heterocycles. The number of ketones is 1. The largest absolute Gasteiger partial charge is 0.293 e. The lowest BCUT2D eigenvalue weighted by molar-refractivity contribution is 0.0992. The summed E-state index contributed by atoms with van der Waals surface area (Å²) >= 11 is 9.30. The van der Waals surface area contributed by atoms with Gasteiger partial charge in [0.2, 0.25) is 0 Å². The second-order valence-corrected chi connectivity index (χ2v) is 9.31. The quantitative estimate of drug-likeness (QED) is 0.313. The van der Waals surface area contributed by atoms with E-state index in [9.17, 15) is 4.79 Å². The fourth-order valence-electron chi connectivity index (χ4n) is 2.99. The van der Waals surface area contributed by atoms with Gasteiger partial charge in [-0.05, 0) is 73.9 Å². The molecular formula is C22H22ClNOS2. The second-order valence-electron chi connectivity index (χ2n) is 6.47. The van der Waals surface area contributed by atoms with Gasteiger partial charge < -0.3 is 0 Å². The van der Waals surface area contributed by atoms with Crippen molar-refractivity contribution in [1.29, 1.82) is 0 Å². The van der Waals surface area contributed by atoms with E-state index in [1.54, 1.807) is 23.3 Å². The lowest BCUT2D eigenvalue weighted by Gasteiger charge is -2.10. The summed E-state index contributed by atoms with van der Waals surface area (Å²) in [5.74, 6) is 0.185. The van der Waals surface area contributed by atoms with Crippen molar-refractivity contribution in [2.75, 3.05) is 14.1 Å². The maximum Gasteiger partial charge on any atom is 0.173 e. The molecule has 0 unspecified atom stereocenters. The number of halogens is 1. The van der Waals surface area contributed by atoms with Gasteiger partial charge in [0, 0.05) is 26.8 Å². The van der Waals surface area contributed by atoms with E-state index in [0.29, 0.717) is 11.4 Å². The molecule has 3 aromatic rings. The van der Waals surface area contributed by atoms with Crippen molar-refractivity contribution in [1.82, 2.24) is 4.31 Å². The van der Waals surface area contributed by atoms with Gasteiger partial charge in [-0.15, -0.1) is 11.3 Å². The van der Waals surface area contributed by atoms with E-state index in [4.69, 9.17) is 11.6 Å². The summed E-state index contributed by atoms with van der Waals surface area (Å²) in [5.41, 5.74) is 4.38. The van der Waals surface area contributed by atoms with E-state index in [0.717, 1.165) is 32.0 Å². The number of hydrogen-bond acceptors (Lipinski definition) is 4. The predicted octanol–water partition coefficient (Wildman–Crippen LogP) is 7.21. The normalized spacial score (nSPS) is 11.2. The van der Waals surface area contributed by atoms with Crippen LogP contribution in [0.15, 0.2) is 53.4 Å². The topological polar surface area (TPSA) is 20.3 Å². The molecule has 0 saturated heterocycles. The standard InChI is InChI=1S/C22H22ClNOS2/c1-5-19(25)22-20(15-8-12-18(13-9-15)27-24(3)4)14(2)21(26-22)16-6-10-17(23)11-7-16/h6-13H,5H2,1-4H3. The summed E-state index contributed by atoms with van der Waals surface area (Å²) in [5, 5.41) is 0.715. The van der Waals surface area contributed by atoms with E-state index in [1.807, 2.05) is 45.3 Å². The summed E-state index contributed by atoms with van der Waals surface area (Å²) in [4.78, 5) is 15.8. The highest BCUT2D eigenvalue weighted by Crippen LogP contribution is 2.43. The molecule has 0 aliphatic carbocycles. The number of benzene rings is 2. The molecule has 3 rings (SSSR count). The molecule has 1 heterocycles. The Balaban J connectivity index is 2.10. The first kappa shape index (κ1) is 20.2. The van der Waals surface area contributed by atoms with Gasteiger partial charge in [-0.25, -0.2) is 0 Å². The molecule has 2 nitrogen and oxygen atoms in total. The van der Waals surface area contributed by atoms with Crippen LogP contribution in [0.2, 0.25) is 5.02 Å². The van der Waals surface area contributed by atoms with Crippen LogP contribution in [0.1, 0.15) is 28.6 Å². The van der Waals surface area contributed by atoms with Crippen LogP contribution in [0.5, 0.6) is 0 Å². The highest BCUT2D eigenvalue weighted by Gasteiger charge is 2.21. The molecule has 0 saturated carbocycles. The highest BCUT2D eigenvalue weighted by molar-refractivity contribution is 7.97. The van der Waals surface area contributed by atoms with Crippen LogP contribution in [-0.2, 0) is 0 Å². The van der Waals surface area contributed by atoms with Crippen molar-refractivity contribution in [3.63, 3.8) is 0 Å². The Hall–Kier alpha value is -1.59. The molecule has 0 aliphatic rings. The summed E-state index contributed by atoms with van der Waals surface area (Å²) in [6.07, 6.45) is 0.502. The zero-order valence-corrected chi connectivity index (χ0v) is 18.3. The van der Waals surface area contributed by atoms with Crippen LogP contribution in [0.4, 0.5) is 0 Å². The third-order valence-corrected chi connectivity index (χ3v) is 6.74. The third-order valence-electron chi connectivity index (χ3n) is 4.26. The molecule has 27 heavy (non-hydrogen) atoms. The minimum absolute atomic E-state index is 0.185. The van der Waals surface area contributed by atoms with E-state index < -0.39 is 0 Å². The Morgan fingerprint density at radius 3 is 2.19 bits per heavy atom. The smallest absolute Gasteiger partial charge is 0.173 e. The van der Waals surface area contributed by atoms with Gasteiger partial charge in [-0.1, -0.05) is 42.8 Å². The average Bonchev–Trinajstić information content (AvgIpc) is 2.99. The predicted molar refractivity (Wildman–Crippen MR) is 119 cm³/mol. The fourth-order valence-corrected chi connectivity index (χ4v) is 5.14. The van der Waals surface area contributed by atoms with Crippen molar-refractivity contribution in [2.45, 2.75) is 25.2 Å². The number of rotatable bonds is 6. The summed E-state index contributed by atoms with van der Waals surface area (Å²) in [6, 6.07) is 16.3. The van der Waals surface area contributed by atoms with Crippen molar-refractivity contribution in [3.8, 4) is 21.6 Å². The zero-order chi connectivity index (χ0) is 19.6. The number of Topliss-reactive ketones (excluding diaryl/α,β-unsaturated/α-hetero) is 1. The molecule has 0 amide bonds. The van der Waals surface area contributed by atoms with Gasteiger partial charge in [-0.2, -0.15) is 0 Å². The maximum absolute atomic E-state index is 12.6. The molecular weight excluding hydrogens is 394 g/mol. The number of carbonyl (C=O) groups excluding carboxylic acids is 1. The lowest BCUT2D eigenvalue weighted by atomic mass is 9.97. The van der Waals surface area contributed by atoms with Gasteiger partial charge in [0.25, 0.3) is 0 Å². The van der Waals surface area contributed by atoms with Crippen molar-refractivity contribution in [2.24, 2.45) is 0 Å². The molecule has 140 valence electrons. The molecule has 0 atom stereocenters. The van der Waals surface area contributed by atoms with Crippen LogP contribution in [0, 0.1) is 6.92 Å². The van der Waals surface area contributed by atoms with Gasteiger partial charge in [0.1, 0.15) is 0 Å². The number of nitrogens with zero attached hydrogens (tertiary/aromatic N) is 1. The van der Waals surface area contributed by atoms with E-state index in [-0.39, 0.29) is 5.78 Å². The van der Waals surface area contributed by atoms with Crippen LogP contribution < -0.4 is 0 Å². The number of thiophene rings is 1. The highest BCUT2D eigenvalue weighted by atomic mass is 35.5. The monoisotopic (exact) mass is 415 g/mol. The Kier molecular flexibility index (Phi) is 6.43. The second kappa shape index (κ2) is 8.61. The molecule has 5 heteroatoms. The Morgan fingerprint density at radius 2 is 1.63 bits per heavy atom. The summed E-state index contributed by atoms with van der Waals surface area (Å²) in [6.45, 7) is 4.02. The van der Waals surface area contributed by atoms with Crippen molar-refractivity contribution in [3.05, 3.63) is 64.0 Å². The molecule has 0 fully saturated rings. The number of carbonyl (C=O) groups is 1. The van der Waals surface area contributed by atoms with Crippen molar-refractivity contribution < 1.29 is 4.79 Å². The van der Waals surface area contributed by atoms with Crippen LogP contribution in [0.25, 0.3) is 21.6 Å². The SMILES string of the molecule is CCC(=O)c1sc(-c2ccc(Cl)cc2)c(C)c1-c1ccc(SN(C)C)cc1. The fraction of sp³-hybridized carbons (Fsp3) is 0.227. The summed E-state index contributed by atoms with van der Waals surface area (Å²) < 4.78 is 2.07. The molecule has 0 bridgehead atoms. The first-order valence-electron chi connectivity index (χ1n) is 8.79. The average molecular weight is 416 g/mol. The van der Waals surface area contributed by atoms with Gasteiger partial charge in [-0.3, -0.25) is 9.10 Å².